The van der Waals surface area contributed by atoms with Crippen LogP contribution >= 0.6 is 0 Å². The van der Waals surface area contributed by atoms with E-state index in [0.717, 1.165) is 6.42 Å². The average molecular weight is 207 g/mol. The maximum absolute atomic E-state index is 5.66. The number of benzene rings is 1. The molecule has 0 heterocycles. The zero-order valence-corrected chi connectivity index (χ0v) is 9.86. The summed E-state index contributed by atoms with van der Waals surface area (Å²) in [5.41, 5.74) is 8.30. The van der Waals surface area contributed by atoms with E-state index in [2.05, 4.69) is 38.1 Å². The Bertz CT molecular complexity index is 298. The van der Waals surface area contributed by atoms with Crippen molar-refractivity contribution < 1.29 is 4.74 Å². The maximum Gasteiger partial charge on any atom is 0.0583 e. The smallest absolute Gasteiger partial charge is 0.0583 e. The van der Waals surface area contributed by atoms with Gasteiger partial charge in [-0.3, -0.25) is 0 Å². The zero-order chi connectivity index (χ0) is 11.3. The lowest BCUT2D eigenvalue weighted by atomic mass is 9.97. The molecular weight excluding hydrogens is 186 g/mol. The molecule has 0 amide bonds. The third-order valence-corrected chi connectivity index (χ3v) is 2.80. The van der Waals surface area contributed by atoms with Crippen LogP contribution < -0.4 is 5.73 Å². The van der Waals surface area contributed by atoms with Crippen molar-refractivity contribution in [3.8, 4) is 0 Å². The Morgan fingerprint density at radius 2 is 2.07 bits per heavy atom. The first-order chi connectivity index (χ1) is 7.17. The molecule has 0 aromatic heterocycles. The fraction of sp³-hybridized carbons (Fsp3) is 0.538. The molecule has 0 radical (unpaired) electrons. The SMILES string of the molecule is COC(C)Cc1cccc(C(C)CN)c1. The van der Waals surface area contributed by atoms with Gasteiger partial charge in [-0.05, 0) is 36.9 Å². The largest absolute Gasteiger partial charge is 0.381 e. The summed E-state index contributed by atoms with van der Waals surface area (Å²) in [4.78, 5) is 0. The van der Waals surface area contributed by atoms with Crippen LogP contribution in [-0.2, 0) is 11.2 Å². The molecule has 0 aliphatic rings. The van der Waals surface area contributed by atoms with Gasteiger partial charge in [-0.15, -0.1) is 0 Å². The lowest BCUT2D eigenvalue weighted by molar-refractivity contribution is 0.119. The first kappa shape index (κ1) is 12.2. The second-order valence-electron chi connectivity index (χ2n) is 4.13. The molecule has 0 fully saturated rings. The van der Waals surface area contributed by atoms with E-state index in [9.17, 15) is 0 Å². The fourth-order valence-corrected chi connectivity index (χ4v) is 1.58. The zero-order valence-electron chi connectivity index (χ0n) is 9.86. The van der Waals surface area contributed by atoms with Crippen molar-refractivity contribution in [1.82, 2.24) is 0 Å². The Balaban J connectivity index is 2.74. The van der Waals surface area contributed by atoms with E-state index < -0.39 is 0 Å². The number of hydrogen-bond acceptors (Lipinski definition) is 2. The van der Waals surface area contributed by atoms with Gasteiger partial charge in [0.25, 0.3) is 0 Å². The number of methoxy groups -OCH3 is 1. The van der Waals surface area contributed by atoms with E-state index in [0.29, 0.717) is 12.5 Å². The van der Waals surface area contributed by atoms with Crippen molar-refractivity contribution in [1.29, 1.82) is 0 Å². The van der Waals surface area contributed by atoms with Gasteiger partial charge in [-0.1, -0.05) is 31.2 Å². The molecule has 2 unspecified atom stereocenters. The average Bonchev–Trinajstić information content (AvgIpc) is 2.28. The van der Waals surface area contributed by atoms with E-state index in [1.54, 1.807) is 7.11 Å². The first-order valence-electron chi connectivity index (χ1n) is 5.49. The third-order valence-electron chi connectivity index (χ3n) is 2.80. The van der Waals surface area contributed by atoms with Gasteiger partial charge >= 0.3 is 0 Å². The molecule has 2 heteroatoms. The van der Waals surface area contributed by atoms with Gasteiger partial charge in [0.2, 0.25) is 0 Å². The van der Waals surface area contributed by atoms with Crippen LogP contribution in [0.15, 0.2) is 24.3 Å². The monoisotopic (exact) mass is 207 g/mol. The van der Waals surface area contributed by atoms with Gasteiger partial charge in [0.15, 0.2) is 0 Å². The van der Waals surface area contributed by atoms with Crippen LogP contribution in [0.4, 0.5) is 0 Å². The standard InChI is InChI=1S/C13H21NO/c1-10(9-14)13-6-4-5-12(8-13)7-11(2)15-3/h4-6,8,10-11H,7,9,14H2,1-3H3. The molecule has 2 nitrogen and oxygen atoms in total. The van der Waals surface area contributed by atoms with Crippen LogP contribution in [0.25, 0.3) is 0 Å². The molecule has 0 saturated carbocycles. The Morgan fingerprint density at radius 1 is 1.33 bits per heavy atom. The minimum absolute atomic E-state index is 0.272. The summed E-state index contributed by atoms with van der Waals surface area (Å²) in [6, 6.07) is 8.60. The molecule has 84 valence electrons. The van der Waals surface area contributed by atoms with Gasteiger partial charge < -0.3 is 10.5 Å². The van der Waals surface area contributed by atoms with Crippen molar-refractivity contribution in [2.24, 2.45) is 5.73 Å². The highest BCUT2D eigenvalue weighted by Crippen LogP contribution is 2.16. The number of rotatable bonds is 5. The Labute approximate surface area is 92.4 Å². The number of hydrogen-bond donors (Lipinski definition) is 1. The highest BCUT2D eigenvalue weighted by molar-refractivity contribution is 5.26. The molecule has 1 aromatic rings. The van der Waals surface area contributed by atoms with E-state index in [-0.39, 0.29) is 6.10 Å². The number of nitrogens with two attached hydrogens (primary N) is 1. The van der Waals surface area contributed by atoms with E-state index in [4.69, 9.17) is 10.5 Å². The summed E-state index contributed by atoms with van der Waals surface area (Å²) < 4.78 is 5.26. The van der Waals surface area contributed by atoms with Gasteiger partial charge in [0, 0.05) is 7.11 Å². The van der Waals surface area contributed by atoms with Crippen molar-refractivity contribution in [3.63, 3.8) is 0 Å². The van der Waals surface area contributed by atoms with Crippen molar-refractivity contribution in [2.45, 2.75) is 32.3 Å². The molecule has 0 bridgehead atoms. The molecule has 0 spiro atoms. The van der Waals surface area contributed by atoms with Crippen LogP contribution in [0.1, 0.15) is 30.9 Å². The number of ether oxygens (including phenoxy) is 1. The molecule has 15 heavy (non-hydrogen) atoms. The summed E-state index contributed by atoms with van der Waals surface area (Å²) in [6.45, 7) is 4.93. The highest BCUT2D eigenvalue weighted by atomic mass is 16.5. The van der Waals surface area contributed by atoms with Crippen LogP contribution in [0, 0.1) is 0 Å². The highest BCUT2D eigenvalue weighted by Gasteiger charge is 2.06. The molecular formula is C13H21NO. The van der Waals surface area contributed by atoms with E-state index in [1.165, 1.54) is 11.1 Å². The second-order valence-corrected chi connectivity index (χ2v) is 4.13. The minimum atomic E-state index is 0.272. The summed E-state index contributed by atoms with van der Waals surface area (Å²) in [5, 5.41) is 0. The summed E-state index contributed by atoms with van der Waals surface area (Å²) in [7, 11) is 1.75. The molecule has 0 aliphatic carbocycles. The predicted molar refractivity (Wildman–Crippen MR) is 64.1 cm³/mol. The van der Waals surface area contributed by atoms with Gasteiger partial charge in [-0.2, -0.15) is 0 Å². The van der Waals surface area contributed by atoms with Crippen molar-refractivity contribution >= 4 is 0 Å². The molecule has 2 N–H and O–H groups in total. The molecule has 1 rings (SSSR count). The van der Waals surface area contributed by atoms with Crippen molar-refractivity contribution in [3.05, 3.63) is 35.4 Å². The lowest BCUT2D eigenvalue weighted by Gasteiger charge is -2.13. The maximum atomic E-state index is 5.66. The minimum Gasteiger partial charge on any atom is -0.381 e. The third kappa shape index (κ3) is 3.65. The van der Waals surface area contributed by atoms with Crippen molar-refractivity contribution in [2.75, 3.05) is 13.7 Å². The van der Waals surface area contributed by atoms with Gasteiger partial charge in [0.05, 0.1) is 6.10 Å². The van der Waals surface area contributed by atoms with Crippen LogP contribution in [0.3, 0.4) is 0 Å². The van der Waals surface area contributed by atoms with Crippen LogP contribution in [0.2, 0.25) is 0 Å². The van der Waals surface area contributed by atoms with Gasteiger partial charge in [0.1, 0.15) is 0 Å². The molecule has 2 atom stereocenters. The van der Waals surface area contributed by atoms with Crippen LogP contribution in [-0.4, -0.2) is 19.8 Å². The Hall–Kier alpha value is -0.860. The molecule has 0 aliphatic heterocycles. The summed E-state index contributed by atoms with van der Waals surface area (Å²) >= 11 is 0. The Kier molecular flexibility index (Phi) is 4.79. The summed E-state index contributed by atoms with van der Waals surface area (Å²) in [6.07, 6.45) is 1.23. The summed E-state index contributed by atoms with van der Waals surface area (Å²) in [5.74, 6) is 0.433. The van der Waals surface area contributed by atoms with E-state index in [1.807, 2.05) is 0 Å². The second kappa shape index (κ2) is 5.89. The van der Waals surface area contributed by atoms with Crippen LogP contribution in [0.5, 0.6) is 0 Å². The quantitative estimate of drug-likeness (QED) is 0.804. The molecule has 0 saturated heterocycles. The van der Waals surface area contributed by atoms with E-state index >= 15 is 0 Å². The fourth-order valence-electron chi connectivity index (χ4n) is 1.58. The topological polar surface area (TPSA) is 35.2 Å². The lowest BCUT2D eigenvalue weighted by Crippen LogP contribution is -2.11. The molecule has 1 aromatic carbocycles. The Morgan fingerprint density at radius 3 is 2.67 bits per heavy atom. The first-order valence-corrected chi connectivity index (χ1v) is 5.49. The predicted octanol–water partition coefficient (Wildman–Crippen LogP) is 2.33. The normalized spacial score (nSPS) is 14.9. The van der Waals surface area contributed by atoms with Gasteiger partial charge in [-0.25, -0.2) is 0 Å².